The first-order valence-electron chi connectivity index (χ1n) is 6.28. The maximum absolute atomic E-state index is 12.3. The SMILES string of the molecule is CN(C)c1ccc(C(=O)N2CCC[C@@H]2CN)cn1. The summed E-state index contributed by atoms with van der Waals surface area (Å²) in [5.74, 6) is 0.893. The van der Waals surface area contributed by atoms with Crippen LogP contribution in [0.3, 0.4) is 0 Å². The number of pyridine rings is 1. The summed E-state index contributed by atoms with van der Waals surface area (Å²) in [4.78, 5) is 20.4. The highest BCUT2D eigenvalue weighted by Crippen LogP contribution is 2.19. The van der Waals surface area contributed by atoms with Crippen LogP contribution in [0.2, 0.25) is 0 Å². The Kier molecular flexibility index (Phi) is 3.81. The van der Waals surface area contributed by atoms with Crippen LogP contribution in [0.25, 0.3) is 0 Å². The third kappa shape index (κ3) is 2.46. The third-order valence-corrected chi connectivity index (χ3v) is 3.36. The van der Waals surface area contributed by atoms with E-state index in [1.165, 1.54) is 0 Å². The molecule has 1 aromatic rings. The van der Waals surface area contributed by atoms with E-state index in [0.29, 0.717) is 12.1 Å². The number of carbonyl (C=O) groups is 1. The number of rotatable bonds is 3. The summed E-state index contributed by atoms with van der Waals surface area (Å²) < 4.78 is 0. The minimum atomic E-state index is 0.0424. The Morgan fingerprint density at radius 3 is 2.89 bits per heavy atom. The zero-order valence-corrected chi connectivity index (χ0v) is 11.0. The van der Waals surface area contributed by atoms with Crippen LogP contribution in [0.1, 0.15) is 23.2 Å². The number of nitrogens with zero attached hydrogens (tertiary/aromatic N) is 3. The van der Waals surface area contributed by atoms with E-state index in [2.05, 4.69) is 4.98 Å². The van der Waals surface area contributed by atoms with Gasteiger partial charge < -0.3 is 15.5 Å². The van der Waals surface area contributed by atoms with E-state index in [-0.39, 0.29) is 11.9 Å². The van der Waals surface area contributed by atoms with Crippen molar-refractivity contribution in [2.24, 2.45) is 5.73 Å². The highest BCUT2D eigenvalue weighted by atomic mass is 16.2. The van der Waals surface area contributed by atoms with Gasteiger partial charge in [0.25, 0.3) is 5.91 Å². The molecular formula is C13H20N4O. The second kappa shape index (κ2) is 5.35. The summed E-state index contributed by atoms with van der Waals surface area (Å²) in [5.41, 5.74) is 6.33. The fourth-order valence-electron chi connectivity index (χ4n) is 2.29. The highest BCUT2D eigenvalue weighted by molar-refractivity contribution is 5.94. The first-order valence-corrected chi connectivity index (χ1v) is 6.28. The molecular weight excluding hydrogens is 228 g/mol. The molecule has 1 atom stereocenters. The van der Waals surface area contributed by atoms with Crippen molar-refractivity contribution in [3.8, 4) is 0 Å². The van der Waals surface area contributed by atoms with Crippen LogP contribution >= 0.6 is 0 Å². The van der Waals surface area contributed by atoms with Crippen molar-refractivity contribution in [2.75, 3.05) is 32.1 Å². The first-order chi connectivity index (χ1) is 8.63. The maximum Gasteiger partial charge on any atom is 0.255 e. The standard InChI is InChI=1S/C13H20N4O/c1-16(2)12-6-5-10(9-15-12)13(18)17-7-3-4-11(17)8-14/h5-6,9,11H,3-4,7-8,14H2,1-2H3/t11-/m1/s1. The number of anilines is 1. The molecule has 1 aliphatic rings. The smallest absolute Gasteiger partial charge is 0.255 e. The number of amides is 1. The zero-order valence-electron chi connectivity index (χ0n) is 11.0. The minimum absolute atomic E-state index is 0.0424. The van der Waals surface area contributed by atoms with Crippen LogP contribution < -0.4 is 10.6 Å². The first kappa shape index (κ1) is 12.8. The van der Waals surface area contributed by atoms with Crippen LogP contribution in [-0.2, 0) is 0 Å². The summed E-state index contributed by atoms with van der Waals surface area (Å²) in [6, 6.07) is 3.88. The summed E-state index contributed by atoms with van der Waals surface area (Å²) >= 11 is 0. The molecule has 0 aliphatic carbocycles. The third-order valence-electron chi connectivity index (χ3n) is 3.36. The Hall–Kier alpha value is -1.62. The van der Waals surface area contributed by atoms with Gasteiger partial charge in [0.1, 0.15) is 5.82 Å². The van der Waals surface area contributed by atoms with Gasteiger partial charge in [-0.3, -0.25) is 4.79 Å². The van der Waals surface area contributed by atoms with Crippen molar-refractivity contribution >= 4 is 11.7 Å². The van der Waals surface area contributed by atoms with Gasteiger partial charge in [-0.1, -0.05) is 0 Å². The lowest BCUT2D eigenvalue weighted by Crippen LogP contribution is -2.39. The van der Waals surface area contributed by atoms with E-state index in [1.54, 1.807) is 6.20 Å². The predicted octanol–water partition coefficient (Wildman–Crippen LogP) is 0.711. The average Bonchev–Trinajstić information content (AvgIpc) is 2.86. The van der Waals surface area contributed by atoms with Gasteiger partial charge >= 0.3 is 0 Å². The van der Waals surface area contributed by atoms with Crippen molar-refractivity contribution in [1.82, 2.24) is 9.88 Å². The monoisotopic (exact) mass is 248 g/mol. The molecule has 0 saturated carbocycles. The second-order valence-electron chi connectivity index (χ2n) is 4.83. The number of nitrogens with two attached hydrogens (primary N) is 1. The van der Waals surface area contributed by atoms with E-state index < -0.39 is 0 Å². The molecule has 0 aromatic carbocycles. The fourth-order valence-corrected chi connectivity index (χ4v) is 2.29. The Balaban J connectivity index is 2.13. The number of likely N-dealkylation sites (tertiary alicyclic amines) is 1. The molecule has 18 heavy (non-hydrogen) atoms. The molecule has 2 N–H and O–H groups in total. The van der Waals surface area contributed by atoms with Gasteiger partial charge in [-0.25, -0.2) is 4.98 Å². The fraction of sp³-hybridized carbons (Fsp3) is 0.538. The molecule has 98 valence electrons. The van der Waals surface area contributed by atoms with Crippen LogP contribution in [0.15, 0.2) is 18.3 Å². The van der Waals surface area contributed by atoms with Crippen LogP contribution in [0.4, 0.5) is 5.82 Å². The Bertz CT molecular complexity index is 416. The average molecular weight is 248 g/mol. The molecule has 0 spiro atoms. The molecule has 1 amide bonds. The van der Waals surface area contributed by atoms with Crippen molar-refractivity contribution in [3.05, 3.63) is 23.9 Å². The number of carbonyl (C=O) groups excluding carboxylic acids is 1. The summed E-state index contributed by atoms with van der Waals surface area (Å²) in [6.07, 6.45) is 3.69. The lowest BCUT2D eigenvalue weighted by molar-refractivity contribution is 0.0741. The van der Waals surface area contributed by atoms with Gasteiger partial charge in [0.15, 0.2) is 0 Å². The molecule has 1 saturated heterocycles. The van der Waals surface area contributed by atoms with Crippen molar-refractivity contribution in [3.63, 3.8) is 0 Å². The normalized spacial score (nSPS) is 19.1. The zero-order chi connectivity index (χ0) is 13.1. The van der Waals surface area contributed by atoms with Crippen molar-refractivity contribution < 1.29 is 4.79 Å². The molecule has 0 unspecified atom stereocenters. The minimum Gasteiger partial charge on any atom is -0.363 e. The molecule has 2 rings (SSSR count). The topological polar surface area (TPSA) is 62.5 Å². The highest BCUT2D eigenvalue weighted by Gasteiger charge is 2.28. The summed E-state index contributed by atoms with van der Waals surface area (Å²) in [7, 11) is 3.85. The van der Waals surface area contributed by atoms with Gasteiger partial charge in [0, 0.05) is 39.4 Å². The van der Waals surface area contributed by atoms with Crippen LogP contribution in [-0.4, -0.2) is 49.0 Å². The van der Waals surface area contributed by atoms with Gasteiger partial charge in [-0.05, 0) is 25.0 Å². The lowest BCUT2D eigenvalue weighted by atomic mass is 10.2. The maximum atomic E-state index is 12.3. The molecule has 1 aromatic heterocycles. The number of aromatic nitrogens is 1. The largest absolute Gasteiger partial charge is 0.363 e. The van der Waals surface area contributed by atoms with E-state index in [9.17, 15) is 4.79 Å². The molecule has 0 radical (unpaired) electrons. The Morgan fingerprint density at radius 1 is 1.56 bits per heavy atom. The van der Waals surface area contributed by atoms with Gasteiger partial charge in [0.05, 0.1) is 5.56 Å². The summed E-state index contributed by atoms with van der Waals surface area (Å²) in [5, 5.41) is 0. The van der Waals surface area contributed by atoms with Crippen LogP contribution in [0.5, 0.6) is 0 Å². The van der Waals surface area contributed by atoms with Crippen molar-refractivity contribution in [2.45, 2.75) is 18.9 Å². The molecule has 5 nitrogen and oxygen atoms in total. The van der Waals surface area contributed by atoms with Gasteiger partial charge in [-0.2, -0.15) is 0 Å². The van der Waals surface area contributed by atoms with Gasteiger partial charge in [0.2, 0.25) is 0 Å². The summed E-state index contributed by atoms with van der Waals surface area (Å²) in [6.45, 7) is 1.34. The Labute approximate surface area is 108 Å². The molecule has 1 aliphatic heterocycles. The number of hydrogen-bond donors (Lipinski definition) is 1. The number of hydrogen-bond acceptors (Lipinski definition) is 4. The van der Waals surface area contributed by atoms with Crippen molar-refractivity contribution in [1.29, 1.82) is 0 Å². The van der Waals surface area contributed by atoms with Crippen LogP contribution in [0, 0.1) is 0 Å². The van der Waals surface area contributed by atoms with Gasteiger partial charge in [-0.15, -0.1) is 0 Å². The van der Waals surface area contributed by atoms with E-state index in [0.717, 1.165) is 25.2 Å². The predicted molar refractivity (Wildman–Crippen MR) is 71.7 cm³/mol. The lowest BCUT2D eigenvalue weighted by Gasteiger charge is -2.23. The van der Waals surface area contributed by atoms with E-state index in [1.807, 2.05) is 36.0 Å². The Morgan fingerprint density at radius 2 is 2.33 bits per heavy atom. The molecule has 2 heterocycles. The molecule has 0 bridgehead atoms. The second-order valence-corrected chi connectivity index (χ2v) is 4.83. The molecule has 5 heteroatoms. The quantitative estimate of drug-likeness (QED) is 0.855. The van der Waals surface area contributed by atoms with E-state index >= 15 is 0 Å². The van der Waals surface area contributed by atoms with E-state index in [4.69, 9.17) is 5.73 Å². The molecule has 1 fully saturated rings.